The lowest BCUT2D eigenvalue weighted by molar-refractivity contribution is 0.716. The van der Waals surface area contributed by atoms with Gasteiger partial charge in [0.25, 0.3) is 0 Å². The Labute approximate surface area is 124 Å². The maximum absolute atomic E-state index is 4.83. The molecule has 0 amide bonds. The summed E-state index contributed by atoms with van der Waals surface area (Å²) in [5.74, 6) is 1.52. The Kier molecular flexibility index (Phi) is 7.31. The van der Waals surface area contributed by atoms with Crippen LogP contribution >= 0.6 is 0 Å². The highest BCUT2D eigenvalue weighted by molar-refractivity contribution is 5.44. The Balaban J connectivity index is 3.07. The Hall–Kier alpha value is -1.35. The molecule has 0 aliphatic rings. The first-order valence-electron chi connectivity index (χ1n) is 7.69. The smallest absolute Gasteiger partial charge is 0.129 e. The summed E-state index contributed by atoms with van der Waals surface area (Å²) in [6, 6.07) is 4.42. The molecule has 0 radical (unpaired) electrons. The van der Waals surface area contributed by atoms with E-state index in [0.29, 0.717) is 5.92 Å². The first-order valence-corrected chi connectivity index (χ1v) is 7.69. The molecule has 0 fully saturated rings. The number of anilines is 1. The molecule has 20 heavy (non-hydrogen) atoms. The number of aromatic nitrogens is 1. The molecule has 1 aromatic heterocycles. The van der Waals surface area contributed by atoms with Crippen molar-refractivity contribution in [2.45, 2.75) is 46.6 Å². The van der Waals surface area contributed by atoms with Gasteiger partial charge in [-0.15, -0.1) is 6.58 Å². The lowest BCUT2D eigenvalue weighted by Gasteiger charge is -2.23. The van der Waals surface area contributed by atoms with Crippen LogP contribution in [0.5, 0.6) is 0 Å². The van der Waals surface area contributed by atoms with Crippen LogP contribution in [0.1, 0.15) is 51.3 Å². The number of nitrogens with one attached hydrogen (secondary N) is 1. The molecule has 1 aromatic rings. The number of nitrogens with zero attached hydrogens (tertiary/aromatic N) is 2. The summed E-state index contributed by atoms with van der Waals surface area (Å²) in [4.78, 5) is 7.13. The fourth-order valence-electron chi connectivity index (χ4n) is 2.15. The van der Waals surface area contributed by atoms with E-state index in [4.69, 9.17) is 4.98 Å². The van der Waals surface area contributed by atoms with Gasteiger partial charge in [-0.05, 0) is 36.6 Å². The van der Waals surface area contributed by atoms with E-state index in [9.17, 15) is 0 Å². The molecule has 1 N–H and O–H groups in total. The van der Waals surface area contributed by atoms with Crippen molar-refractivity contribution in [3.63, 3.8) is 0 Å². The van der Waals surface area contributed by atoms with E-state index in [2.05, 4.69) is 56.6 Å². The number of pyridine rings is 1. The summed E-state index contributed by atoms with van der Waals surface area (Å²) >= 11 is 0. The van der Waals surface area contributed by atoms with Crippen molar-refractivity contribution in [3.8, 4) is 0 Å². The predicted molar refractivity (Wildman–Crippen MR) is 88.4 cm³/mol. The van der Waals surface area contributed by atoms with Crippen LogP contribution in [0.3, 0.4) is 0 Å². The molecule has 1 rings (SSSR count). The molecule has 0 atom stereocenters. The normalized spacial score (nSPS) is 10.8. The lowest BCUT2D eigenvalue weighted by Crippen LogP contribution is -2.26. The molecule has 0 aromatic carbocycles. The predicted octanol–water partition coefficient (Wildman–Crippen LogP) is 3.72. The maximum Gasteiger partial charge on any atom is 0.129 e. The zero-order valence-electron chi connectivity index (χ0n) is 13.4. The fraction of sp³-hybridized carbons (Fsp3) is 0.588. The monoisotopic (exact) mass is 275 g/mol. The minimum Gasteiger partial charge on any atom is -0.353 e. The van der Waals surface area contributed by atoms with Crippen molar-refractivity contribution in [2.75, 3.05) is 24.5 Å². The molecule has 3 nitrogen and oxygen atoms in total. The standard InChI is InChI=1S/C17H29N3/c1-6-9-20(10-7-2)17-12-15(13-18-8-3)11-16(19-17)14(4)5/h6,11-12,14,18H,1,7-10,13H2,2-5H3. The van der Waals surface area contributed by atoms with E-state index in [1.807, 2.05) is 6.08 Å². The maximum atomic E-state index is 4.83. The third-order valence-electron chi connectivity index (χ3n) is 3.23. The molecule has 3 heteroatoms. The van der Waals surface area contributed by atoms with Crippen LogP contribution in [0.4, 0.5) is 5.82 Å². The van der Waals surface area contributed by atoms with Gasteiger partial charge < -0.3 is 10.2 Å². The highest BCUT2D eigenvalue weighted by Crippen LogP contribution is 2.20. The van der Waals surface area contributed by atoms with Crippen LogP contribution in [0.2, 0.25) is 0 Å². The molecular weight excluding hydrogens is 246 g/mol. The average Bonchev–Trinajstić information content (AvgIpc) is 2.44. The summed E-state index contributed by atoms with van der Waals surface area (Å²) in [6.45, 7) is 16.3. The molecule has 0 aliphatic heterocycles. The second-order valence-electron chi connectivity index (χ2n) is 5.43. The largest absolute Gasteiger partial charge is 0.353 e. The summed E-state index contributed by atoms with van der Waals surface area (Å²) in [7, 11) is 0. The summed E-state index contributed by atoms with van der Waals surface area (Å²) in [5, 5.41) is 3.39. The van der Waals surface area contributed by atoms with Crippen LogP contribution in [0.25, 0.3) is 0 Å². The topological polar surface area (TPSA) is 28.2 Å². The molecule has 0 spiro atoms. The van der Waals surface area contributed by atoms with E-state index >= 15 is 0 Å². The van der Waals surface area contributed by atoms with Crippen molar-refractivity contribution >= 4 is 5.82 Å². The molecule has 0 saturated carbocycles. The van der Waals surface area contributed by atoms with Gasteiger partial charge in [0.2, 0.25) is 0 Å². The minimum absolute atomic E-state index is 0.447. The molecule has 1 heterocycles. The highest BCUT2D eigenvalue weighted by atomic mass is 15.2. The van der Waals surface area contributed by atoms with Crippen LogP contribution in [0.15, 0.2) is 24.8 Å². The van der Waals surface area contributed by atoms with Gasteiger partial charge in [-0.3, -0.25) is 0 Å². The summed E-state index contributed by atoms with van der Waals surface area (Å²) in [5.41, 5.74) is 2.48. The highest BCUT2D eigenvalue weighted by Gasteiger charge is 2.11. The average molecular weight is 275 g/mol. The van der Waals surface area contributed by atoms with E-state index in [0.717, 1.165) is 38.4 Å². The van der Waals surface area contributed by atoms with Crippen molar-refractivity contribution in [3.05, 3.63) is 36.0 Å². The van der Waals surface area contributed by atoms with Crippen molar-refractivity contribution in [2.24, 2.45) is 0 Å². The van der Waals surface area contributed by atoms with Gasteiger partial charge in [-0.1, -0.05) is 33.8 Å². The van der Waals surface area contributed by atoms with Crippen molar-refractivity contribution in [1.82, 2.24) is 10.3 Å². The minimum atomic E-state index is 0.447. The van der Waals surface area contributed by atoms with Crippen molar-refractivity contribution in [1.29, 1.82) is 0 Å². The van der Waals surface area contributed by atoms with Gasteiger partial charge >= 0.3 is 0 Å². The Morgan fingerprint density at radius 3 is 2.65 bits per heavy atom. The second kappa shape index (κ2) is 8.75. The third-order valence-corrected chi connectivity index (χ3v) is 3.23. The second-order valence-corrected chi connectivity index (χ2v) is 5.43. The van der Waals surface area contributed by atoms with E-state index in [-0.39, 0.29) is 0 Å². The molecule has 112 valence electrons. The fourth-order valence-corrected chi connectivity index (χ4v) is 2.15. The zero-order chi connectivity index (χ0) is 15.0. The molecule has 0 unspecified atom stereocenters. The molecular formula is C17H29N3. The Morgan fingerprint density at radius 1 is 1.35 bits per heavy atom. The number of rotatable bonds is 9. The number of hydrogen-bond donors (Lipinski definition) is 1. The van der Waals surface area contributed by atoms with Gasteiger partial charge in [0.05, 0.1) is 0 Å². The summed E-state index contributed by atoms with van der Waals surface area (Å²) < 4.78 is 0. The first kappa shape index (κ1) is 16.7. The van der Waals surface area contributed by atoms with Gasteiger partial charge in [0.15, 0.2) is 0 Å². The first-order chi connectivity index (χ1) is 9.62. The summed E-state index contributed by atoms with van der Waals surface area (Å²) in [6.07, 6.45) is 3.06. The van der Waals surface area contributed by atoms with Gasteiger partial charge in [0.1, 0.15) is 5.82 Å². The van der Waals surface area contributed by atoms with Crippen LogP contribution in [-0.4, -0.2) is 24.6 Å². The lowest BCUT2D eigenvalue weighted by atomic mass is 10.1. The van der Waals surface area contributed by atoms with E-state index in [1.54, 1.807) is 0 Å². The van der Waals surface area contributed by atoms with Crippen LogP contribution < -0.4 is 10.2 Å². The van der Waals surface area contributed by atoms with E-state index < -0.39 is 0 Å². The zero-order valence-corrected chi connectivity index (χ0v) is 13.4. The van der Waals surface area contributed by atoms with Crippen LogP contribution in [0, 0.1) is 0 Å². The molecule has 0 aliphatic carbocycles. The van der Waals surface area contributed by atoms with Gasteiger partial charge in [0, 0.05) is 25.3 Å². The Morgan fingerprint density at radius 2 is 2.10 bits per heavy atom. The van der Waals surface area contributed by atoms with Crippen LogP contribution in [-0.2, 0) is 6.54 Å². The number of hydrogen-bond acceptors (Lipinski definition) is 3. The molecule has 0 saturated heterocycles. The van der Waals surface area contributed by atoms with Gasteiger partial charge in [-0.25, -0.2) is 4.98 Å². The quantitative estimate of drug-likeness (QED) is 0.696. The van der Waals surface area contributed by atoms with Gasteiger partial charge in [-0.2, -0.15) is 0 Å². The van der Waals surface area contributed by atoms with E-state index in [1.165, 1.54) is 11.3 Å². The van der Waals surface area contributed by atoms with Crippen molar-refractivity contribution < 1.29 is 0 Å². The third kappa shape index (κ3) is 4.97. The Bertz CT molecular complexity index is 413. The SMILES string of the molecule is C=CCN(CCC)c1cc(CNCC)cc(C(C)C)n1. The molecule has 0 bridgehead atoms.